The van der Waals surface area contributed by atoms with Crippen molar-refractivity contribution in [3.05, 3.63) is 47.1 Å². The van der Waals surface area contributed by atoms with E-state index in [-0.39, 0.29) is 0 Å². The number of nitrogens with zero attached hydrogens (tertiary/aromatic N) is 2. The van der Waals surface area contributed by atoms with Gasteiger partial charge in [0, 0.05) is 18.0 Å². The summed E-state index contributed by atoms with van der Waals surface area (Å²) in [6.07, 6.45) is 1.54. The Bertz CT molecular complexity index is 609. The Balaban J connectivity index is 2.26. The number of hydrogen-bond donors (Lipinski definition) is 3. The van der Waals surface area contributed by atoms with Gasteiger partial charge in [0.05, 0.1) is 16.3 Å². The second-order valence-corrected chi connectivity index (χ2v) is 3.88. The van der Waals surface area contributed by atoms with Gasteiger partial charge in [0.1, 0.15) is 11.9 Å². The number of nitrogens with one attached hydrogen (secondary N) is 2. The predicted molar refractivity (Wildman–Crippen MR) is 69.1 cm³/mol. The van der Waals surface area contributed by atoms with Crippen LogP contribution in [0.2, 0.25) is 5.02 Å². The van der Waals surface area contributed by atoms with E-state index in [0.29, 0.717) is 27.8 Å². The molecule has 0 fully saturated rings. The summed E-state index contributed by atoms with van der Waals surface area (Å²) >= 11 is 5.84. The van der Waals surface area contributed by atoms with Crippen molar-refractivity contribution < 1.29 is 5.21 Å². The second kappa shape index (κ2) is 5.36. The maximum atomic E-state index is 8.87. The summed E-state index contributed by atoms with van der Waals surface area (Å²) in [5, 5.41) is 21.1. The minimum atomic E-state index is 0.387. The topological polar surface area (TPSA) is 81.0 Å². The molecule has 0 saturated heterocycles. The molecule has 0 atom stereocenters. The zero-order valence-electron chi connectivity index (χ0n) is 9.18. The van der Waals surface area contributed by atoms with Crippen LogP contribution in [-0.4, -0.2) is 10.2 Å². The smallest absolute Gasteiger partial charge is 0.132 e. The summed E-state index contributed by atoms with van der Waals surface area (Å²) in [6.45, 7) is 0. The van der Waals surface area contributed by atoms with Crippen molar-refractivity contribution in [3.8, 4) is 6.07 Å². The monoisotopic (exact) mass is 260 g/mol. The van der Waals surface area contributed by atoms with Gasteiger partial charge in [-0.3, -0.25) is 10.7 Å². The van der Waals surface area contributed by atoms with Crippen LogP contribution in [0, 0.1) is 11.3 Å². The highest BCUT2D eigenvalue weighted by Gasteiger charge is 2.02. The van der Waals surface area contributed by atoms with Gasteiger partial charge in [0.15, 0.2) is 0 Å². The van der Waals surface area contributed by atoms with Gasteiger partial charge in [-0.1, -0.05) is 11.6 Å². The molecule has 0 saturated carbocycles. The molecule has 2 rings (SSSR count). The molecule has 0 bridgehead atoms. The summed E-state index contributed by atoms with van der Waals surface area (Å²) < 4.78 is 0. The van der Waals surface area contributed by atoms with Gasteiger partial charge < -0.3 is 5.32 Å². The van der Waals surface area contributed by atoms with E-state index < -0.39 is 0 Å². The first kappa shape index (κ1) is 12.2. The molecule has 0 unspecified atom stereocenters. The van der Waals surface area contributed by atoms with Crippen molar-refractivity contribution >= 4 is 28.8 Å². The fourth-order valence-electron chi connectivity index (χ4n) is 1.41. The van der Waals surface area contributed by atoms with E-state index in [4.69, 9.17) is 22.1 Å². The van der Waals surface area contributed by atoms with Crippen LogP contribution in [0.15, 0.2) is 36.5 Å². The van der Waals surface area contributed by atoms with Crippen molar-refractivity contribution in [1.29, 1.82) is 5.26 Å². The minimum Gasteiger partial charge on any atom is -0.340 e. The number of nitriles is 1. The third-order valence-electron chi connectivity index (χ3n) is 2.25. The van der Waals surface area contributed by atoms with Crippen molar-refractivity contribution in [3.63, 3.8) is 0 Å². The maximum Gasteiger partial charge on any atom is 0.132 e. The second-order valence-electron chi connectivity index (χ2n) is 3.47. The van der Waals surface area contributed by atoms with Crippen LogP contribution >= 0.6 is 11.6 Å². The molecule has 1 heterocycles. The average Bonchev–Trinajstić information content (AvgIpc) is 2.41. The van der Waals surface area contributed by atoms with Gasteiger partial charge >= 0.3 is 0 Å². The van der Waals surface area contributed by atoms with Crippen LogP contribution in [0.1, 0.15) is 5.56 Å². The van der Waals surface area contributed by atoms with E-state index in [1.54, 1.807) is 36.5 Å². The number of anilines is 3. The van der Waals surface area contributed by atoms with E-state index in [9.17, 15) is 0 Å². The molecule has 1 aromatic heterocycles. The van der Waals surface area contributed by atoms with E-state index in [1.165, 1.54) is 0 Å². The first-order valence-electron chi connectivity index (χ1n) is 5.06. The van der Waals surface area contributed by atoms with Gasteiger partial charge in [-0.05, 0) is 24.3 Å². The van der Waals surface area contributed by atoms with Crippen molar-refractivity contribution in [2.75, 3.05) is 10.8 Å². The molecule has 0 aliphatic heterocycles. The van der Waals surface area contributed by atoms with Gasteiger partial charge in [-0.15, -0.1) is 0 Å². The van der Waals surface area contributed by atoms with E-state index >= 15 is 0 Å². The fourth-order valence-corrected chi connectivity index (χ4v) is 1.56. The average molecular weight is 261 g/mol. The van der Waals surface area contributed by atoms with Crippen LogP contribution in [0.3, 0.4) is 0 Å². The van der Waals surface area contributed by atoms with E-state index in [1.807, 2.05) is 11.5 Å². The number of halogens is 1. The summed E-state index contributed by atoms with van der Waals surface area (Å²) in [6, 6.07) is 10.2. The molecular formula is C12H9ClN4O. The highest BCUT2D eigenvalue weighted by atomic mass is 35.5. The Kier molecular flexibility index (Phi) is 3.63. The molecule has 18 heavy (non-hydrogen) atoms. The molecule has 3 N–H and O–H groups in total. The number of benzene rings is 1. The van der Waals surface area contributed by atoms with Gasteiger partial charge in [-0.2, -0.15) is 5.26 Å². The molecule has 2 aromatic rings. The number of aromatic nitrogens is 1. The lowest BCUT2D eigenvalue weighted by Crippen LogP contribution is -1.96. The van der Waals surface area contributed by atoms with Crippen LogP contribution in [0.4, 0.5) is 17.2 Å². The standard InChI is InChI=1S/C12H9ClN4O/c13-11-2-1-9(5-8(11)7-14)16-12-6-10(17-18)3-4-15-12/h1-6,18H,(H2,15,16,17). The molecular weight excluding hydrogens is 252 g/mol. The largest absolute Gasteiger partial charge is 0.340 e. The Hall–Kier alpha value is -2.29. The summed E-state index contributed by atoms with van der Waals surface area (Å²) in [4.78, 5) is 4.08. The lowest BCUT2D eigenvalue weighted by Gasteiger charge is -2.07. The molecule has 0 aliphatic carbocycles. The van der Waals surface area contributed by atoms with Crippen LogP contribution in [0.5, 0.6) is 0 Å². The van der Waals surface area contributed by atoms with Crippen molar-refractivity contribution in [2.45, 2.75) is 0 Å². The van der Waals surface area contributed by atoms with Gasteiger partial charge in [0.2, 0.25) is 0 Å². The summed E-state index contributed by atoms with van der Waals surface area (Å²) in [7, 11) is 0. The number of hydrogen-bond acceptors (Lipinski definition) is 5. The lowest BCUT2D eigenvalue weighted by molar-refractivity contribution is 0.389. The molecule has 1 aromatic carbocycles. The zero-order valence-corrected chi connectivity index (χ0v) is 9.94. The van der Waals surface area contributed by atoms with Crippen molar-refractivity contribution in [1.82, 2.24) is 4.98 Å². The number of pyridine rings is 1. The highest BCUT2D eigenvalue weighted by Crippen LogP contribution is 2.22. The molecule has 0 aliphatic rings. The Morgan fingerprint density at radius 3 is 2.78 bits per heavy atom. The summed E-state index contributed by atoms with van der Waals surface area (Å²) in [5.41, 5.74) is 3.63. The third kappa shape index (κ3) is 2.69. The van der Waals surface area contributed by atoms with Crippen LogP contribution in [-0.2, 0) is 0 Å². The Morgan fingerprint density at radius 1 is 1.22 bits per heavy atom. The fraction of sp³-hybridized carbons (Fsp3) is 0. The molecule has 6 heteroatoms. The first-order chi connectivity index (χ1) is 8.72. The third-order valence-corrected chi connectivity index (χ3v) is 2.58. The molecule has 0 radical (unpaired) electrons. The molecule has 0 amide bonds. The molecule has 5 nitrogen and oxygen atoms in total. The lowest BCUT2D eigenvalue weighted by atomic mass is 10.2. The maximum absolute atomic E-state index is 8.87. The normalized spacial score (nSPS) is 9.61. The SMILES string of the molecule is N#Cc1cc(Nc2cc(NO)ccn2)ccc1Cl. The summed E-state index contributed by atoms with van der Waals surface area (Å²) in [5.74, 6) is 0.542. The zero-order chi connectivity index (χ0) is 13.0. The van der Waals surface area contributed by atoms with E-state index in [0.717, 1.165) is 0 Å². The highest BCUT2D eigenvalue weighted by molar-refractivity contribution is 6.31. The van der Waals surface area contributed by atoms with Gasteiger partial charge in [-0.25, -0.2) is 4.98 Å². The van der Waals surface area contributed by atoms with Crippen molar-refractivity contribution in [2.24, 2.45) is 0 Å². The minimum absolute atomic E-state index is 0.387. The number of rotatable bonds is 3. The Labute approximate surface area is 109 Å². The van der Waals surface area contributed by atoms with Crippen LogP contribution < -0.4 is 10.8 Å². The van der Waals surface area contributed by atoms with Gasteiger partial charge in [0.25, 0.3) is 0 Å². The quantitative estimate of drug-likeness (QED) is 0.739. The first-order valence-corrected chi connectivity index (χ1v) is 5.43. The van der Waals surface area contributed by atoms with E-state index in [2.05, 4.69) is 10.3 Å². The molecule has 90 valence electrons. The Morgan fingerprint density at radius 2 is 2.06 bits per heavy atom. The predicted octanol–water partition coefficient (Wildman–Crippen LogP) is 3.15. The molecule has 0 spiro atoms. The van der Waals surface area contributed by atoms with Crippen LogP contribution in [0.25, 0.3) is 0 Å².